The van der Waals surface area contributed by atoms with Gasteiger partial charge in [0, 0.05) is 0 Å². The first-order chi connectivity index (χ1) is 18.3. The lowest BCUT2D eigenvalue weighted by Gasteiger charge is -2.49. The molecule has 3 N–H and O–H groups in total. The van der Waals surface area contributed by atoms with Crippen LogP contribution in [0.3, 0.4) is 0 Å². The number of hydrogen-bond acceptors (Lipinski definition) is 7. The molecule has 3 rings (SSSR count). The molecule has 0 aromatic heterocycles. The number of aliphatic hydroxyl groups excluding tert-OH is 2. The standard InChI is InChI=1S/C30H49NO7/c1-4-5-6-7-8-9-10-11-12-16-19-23(32)28(34)31-25-26(33)27-24(21-36-30(2,3)38-27)37-29(25)35-20-22-17-14-13-15-18-22/h13-15,17-18,23-27,29,32-33H,4-12,16,19-21H2,1-3H3,(H,31,34)/t23?,24-,25-,26-,27-,29-/m1/s1. The van der Waals surface area contributed by atoms with Gasteiger partial charge < -0.3 is 34.5 Å². The van der Waals surface area contributed by atoms with Crippen LogP contribution in [-0.2, 0) is 30.3 Å². The number of hydrogen-bond donors (Lipinski definition) is 3. The molecular weight excluding hydrogens is 486 g/mol. The van der Waals surface area contributed by atoms with Crippen molar-refractivity contribution >= 4 is 5.91 Å². The van der Waals surface area contributed by atoms with E-state index < -0.39 is 48.4 Å². The number of carbonyl (C=O) groups is 1. The Labute approximate surface area is 228 Å². The van der Waals surface area contributed by atoms with Gasteiger partial charge >= 0.3 is 0 Å². The summed E-state index contributed by atoms with van der Waals surface area (Å²) in [4.78, 5) is 12.9. The van der Waals surface area contributed by atoms with Gasteiger partial charge in [-0.2, -0.15) is 0 Å². The molecule has 8 nitrogen and oxygen atoms in total. The number of fused-ring (bicyclic) bond motifs is 1. The monoisotopic (exact) mass is 535 g/mol. The largest absolute Gasteiger partial charge is 0.388 e. The first kappa shape index (κ1) is 31.0. The van der Waals surface area contributed by atoms with Crippen molar-refractivity contribution in [3.63, 3.8) is 0 Å². The number of carbonyl (C=O) groups excluding carboxylic acids is 1. The van der Waals surface area contributed by atoms with E-state index in [9.17, 15) is 15.0 Å². The maximum absolute atomic E-state index is 12.9. The summed E-state index contributed by atoms with van der Waals surface area (Å²) in [5.74, 6) is -1.42. The second kappa shape index (κ2) is 15.9. The summed E-state index contributed by atoms with van der Waals surface area (Å²) in [5.41, 5.74) is 0.941. The number of benzene rings is 1. The second-order valence-corrected chi connectivity index (χ2v) is 11.1. The maximum atomic E-state index is 12.9. The van der Waals surface area contributed by atoms with Gasteiger partial charge in [-0.25, -0.2) is 0 Å². The van der Waals surface area contributed by atoms with E-state index in [2.05, 4.69) is 12.2 Å². The normalized spacial score (nSPS) is 27.4. The molecule has 2 saturated heterocycles. The van der Waals surface area contributed by atoms with Gasteiger partial charge in [0.05, 0.1) is 13.2 Å². The zero-order chi connectivity index (χ0) is 27.4. The highest BCUT2D eigenvalue weighted by Gasteiger charge is 2.51. The van der Waals surface area contributed by atoms with Crippen LogP contribution in [0.1, 0.15) is 97.0 Å². The molecule has 0 radical (unpaired) electrons. The molecule has 8 heteroatoms. The molecule has 1 unspecified atom stereocenters. The fourth-order valence-corrected chi connectivity index (χ4v) is 5.11. The third-order valence-corrected chi connectivity index (χ3v) is 7.39. The van der Waals surface area contributed by atoms with E-state index in [1.807, 2.05) is 30.3 Å². The minimum Gasteiger partial charge on any atom is -0.388 e. The highest BCUT2D eigenvalue weighted by molar-refractivity contribution is 5.80. The van der Waals surface area contributed by atoms with Crippen molar-refractivity contribution in [2.24, 2.45) is 0 Å². The molecule has 2 heterocycles. The van der Waals surface area contributed by atoms with Crippen LogP contribution in [-0.4, -0.2) is 65.3 Å². The first-order valence-corrected chi connectivity index (χ1v) is 14.6. The molecule has 2 aliphatic heterocycles. The summed E-state index contributed by atoms with van der Waals surface area (Å²) in [6.45, 7) is 6.27. The topological polar surface area (TPSA) is 106 Å². The summed E-state index contributed by atoms with van der Waals surface area (Å²) in [5, 5.41) is 24.6. The quantitative estimate of drug-likeness (QED) is 0.266. The van der Waals surface area contributed by atoms with Gasteiger partial charge in [-0.3, -0.25) is 4.79 Å². The Hall–Kier alpha value is -1.55. The molecular formula is C30H49NO7. The third kappa shape index (κ3) is 9.88. The molecule has 2 fully saturated rings. The van der Waals surface area contributed by atoms with E-state index in [0.717, 1.165) is 24.8 Å². The Balaban J connectivity index is 1.48. The van der Waals surface area contributed by atoms with Crippen molar-refractivity contribution in [2.75, 3.05) is 6.61 Å². The summed E-state index contributed by atoms with van der Waals surface area (Å²) >= 11 is 0. The number of amides is 1. The van der Waals surface area contributed by atoms with Gasteiger partial charge in [-0.1, -0.05) is 101 Å². The van der Waals surface area contributed by atoms with Crippen molar-refractivity contribution in [1.82, 2.24) is 5.32 Å². The number of aliphatic hydroxyl groups is 2. The zero-order valence-corrected chi connectivity index (χ0v) is 23.5. The molecule has 0 spiro atoms. The number of unbranched alkanes of at least 4 members (excludes halogenated alkanes) is 9. The minimum absolute atomic E-state index is 0.238. The second-order valence-electron chi connectivity index (χ2n) is 11.1. The maximum Gasteiger partial charge on any atom is 0.249 e. The Morgan fingerprint density at radius 3 is 2.34 bits per heavy atom. The van der Waals surface area contributed by atoms with Crippen molar-refractivity contribution in [2.45, 2.75) is 141 Å². The lowest BCUT2D eigenvalue weighted by Crippen LogP contribution is -2.69. The summed E-state index contributed by atoms with van der Waals surface area (Å²) in [6.07, 6.45) is 7.84. The van der Waals surface area contributed by atoms with Crippen LogP contribution in [0.25, 0.3) is 0 Å². The van der Waals surface area contributed by atoms with E-state index in [1.165, 1.54) is 44.9 Å². The van der Waals surface area contributed by atoms with Gasteiger partial charge in [0.2, 0.25) is 5.91 Å². The van der Waals surface area contributed by atoms with Crippen molar-refractivity contribution in [3.05, 3.63) is 35.9 Å². The smallest absolute Gasteiger partial charge is 0.249 e. The Bertz CT molecular complexity index is 805. The van der Waals surface area contributed by atoms with Gasteiger partial charge in [0.15, 0.2) is 12.1 Å². The van der Waals surface area contributed by atoms with E-state index in [1.54, 1.807) is 13.8 Å². The molecule has 2 aliphatic rings. The molecule has 6 atom stereocenters. The predicted molar refractivity (Wildman–Crippen MR) is 145 cm³/mol. The summed E-state index contributed by atoms with van der Waals surface area (Å²) in [6, 6.07) is 8.72. The van der Waals surface area contributed by atoms with E-state index >= 15 is 0 Å². The number of rotatable bonds is 16. The number of nitrogens with one attached hydrogen (secondary N) is 1. The molecule has 0 aliphatic carbocycles. The third-order valence-electron chi connectivity index (χ3n) is 7.39. The Kier molecular flexibility index (Phi) is 13.0. The lowest BCUT2D eigenvalue weighted by atomic mass is 9.95. The molecule has 1 aromatic carbocycles. The molecule has 0 bridgehead atoms. The highest BCUT2D eigenvalue weighted by atomic mass is 16.8. The van der Waals surface area contributed by atoms with Crippen LogP contribution in [0.4, 0.5) is 0 Å². The van der Waals surface area contributed by atoms with Crippen LogP contribution in [0, 0.1) is 0 Å². The Morgan fingerprint density at radius 2 is 1.68 bits per heavy atom. The molecule has 0 saturated carbocycles. The van der Waals surface area contributed by atoms with Crippen LogP contribution >= 0.6 is 0 Å². The van der Waals surface area contributed by atoms with Gasteiger partial charge in [0.25, 0.3) is 0 Å². The Morgan fingerprint density at radius 1 is 1.05 bits per heavy atom. The molecule has 216 valence electrons. The zero-order valence-electron chi connectivity index (χ0n) is 23.5. The SMILES string of the molecule is CCCCCCCCCCCCC(O)C(=O)N[C@H]1[C@H](OCc2ccccc2)O[C@@H]2COC(C)(C)O[C@H]2[C@@H]1O. The number of ether oxygens (including phenoxy) is 4. The average molecular weight is 536 g/mol. The van der Waals surface area contributed by atoms with Crippen molar-refractivity contribution in [1.29, 1.82) is 0 Å². The average Bonchev–Trinajstić information content (AvgIpc) is 2.90. The van der Waals surface area contributed by atoms with Gasteiger partial charge in [-0.05, 0) is 25.8 Å². The molecule has 1 amide bonds. The van der Waals surface area contributed by atoms with Crippen molar-refractivity contribution < 1.29 is 34.0 Å². The molecule has 38 heavy (non-hydrogen) atoms. The van der Waals surface area contributed by atoms with Gasteiger partial charge in [0.1, 0.15) is 30.5 Å². The van der Waals surface area contributed by atoms with E-state index in [4.69, 9.17) is 18.9 Å². The fraction of sp³-hybridized carbons (Fsp3) is 0.767. The minimum atomic E-state index is -1.16. The van der Waals surface area contributed by atoms with Crippen LogP contribution in [0.15, 0.2) is 30.3 Å². The van der Waals surface area contributed by atoms with Crippen LogP contribution in [0.2, 0.25) is 0 Å². The lowest BCUT2D eigenvalue weighted by molar-refractivity contribution is -0.369. The van der Waals surface area contributed by atoms with Crippen LogP contribution < -0.4 is 5.32 Å². The fourth-order valence-electron chi connectivity index (χ4n) is 5.11. The van der Waals surface area contributed by atoms with Gasteiger partial charge in [-0.15, -0.1) is 0 Å². The van der Waals surface area contributed by atoms with Crippen molar-refractivity contribution in [3.8, 4) is 0 Å². The summed E-state index contributed by atoms with van der Waals surface area (Å²) in [7, 11) is 0. The first-order valence-electron chi connectivity index (χ1n) is 14.6. The highest BCUT2D eigenvalue weighted by Crippen LogP contribution is 2.33. The predicted octanol–water partition coefficient (Wildman–Crippen LogP) is 4.60. The molecule has 1 aromatic rings. The van der Waals surface area contributed by atoms with E-state index in [-0.39, 0.29) is 13.2 Å². The van der Waals surface area contributed by atoms with E-state index in [0.29, 0.717) is 6.42 Å². The van der Waals surface area contributed by atoms with Crippen LogP contribution in [0.5, 0.6) is 0 Å². The summed E-state index contributed by atoms with van der Waals surface area (Å²) < 4.78 is 23.8.